The Bertz CT molecular complexity index is 113. The van der Waals surface area contributed by atoms with Gasteiger partial charge in [-0.1, -0.05) is 39.0 Å². The third-order valence-corrected chi connectivity index (χ3v) is 2.29. The highest BCUT2D eigenvalue weighted by Crippen LogP contribution is 2.03. The van der Waals surface area contributed by atoms with Crippen LogP contribution in [0.5, 0.6) is 0 Å². The van der Waals surface area contributed by atoms with Gasteiger partial charge in [-0.25, -0.2) is 0 Å². The third-order valence-electron chi connectivity index (χ3n) is 2.29. The number of hydrogen-bond donors (Lipinski definition) is 3. The molecular formula is C11H26ClNO2. The van der Waals surface area contributed by atoms with Crippen LogP contribution in [0.2, 0.25) is 0 Å². The van der Waals surface area contributed by atoms with Crippen LogP contribution in [0.4, 0.5) is 0 Å². The van der Waals surface area contributed by atoms with Gasteiger partial charge in [0, 0.05) is 6.42 Å². The topological polar surface area (TPSA) is 52.5 Å². The molecule has 0 fully saturated rings. The van der Waals surface area contributed by atoms with Crippen molar-refractivity contribution < 1.29 is 10.2 Å². The second kappa shape index (κ2) is 14.2. The summed E-state index contributed by atoms with van der Waals surface area (Å²) in [6.45, 7) is 3.92. The van der Waals surface area contributed by atoms with E-state index < -0.39 is 6.29 Å². The Hall–Kier alpha value is 0.170. The summed E-state index contributed by atoms with van der Waals surface area (Å²) in [6, 6.07) is 0. The van der Waals surface area contributed by atoms with Crippen molar-refractivity contribution in [3.8, 4) is 0 Å². The molecule has 0 aliphatic carbocycles. The van der Waals surface area contributed by atoms with E-state index in [4.69, 9.17) is 10.2 Å². The van der Waals surface area contributed by atoms with Gasteiger partial charge in [-0.2, -0.15) is 0 Å². The first-order valence-electron chi connectivity index (χ1n) is 5.84. The lowest BCUT2D eigenvalue weighted by Crippen LogP contribution is -2.21. The molecule has 0 aromatic carbocycles. The Morgan fingerprint density at radius 1 is 0.933 bits per heavy atom. The molecule has 15 heavy (non-hydrogen) atoms. The van der Waals surface area contributed by atoms with E-state index in [1.807, 2.05) is 0 Å². The van der Waals surface area contributed by atoms with Crippen molar-refractivity contribution in [3.63, 3.8) is 0 Å². The molecular weight excluding hydrogens is 214 g/mol. The highest BCUT2D eigenvalue weighted by atomic mass is 35.5. The van der Waals surface area contributed by atoms with E-state index in [0.717, 1.165) is 6.54 Å². The van der Waals surface area contributed by atoms with Gasteiger partial charge in [-0.3, -0.25) is 0 Å². The van der Waals surface area contributed by atoms with Gasteiger partial charge in [-0.05, 0) is 19.5 Å². The lowest BCUT2D eigenvalue weighted by atomic mass is 10.1. The molecule has 0 saturated carbocycles. The summed E-state index contributed by atoms with van der Waals surface area (Å²) >= 11 is 0. The molecule has 0 unspecified atom stereocenters. The molecule has 0 amide bonds. The first-order chi connectivity index (χ1) is 6.77. The summed E-state index contributed by atoms with van der Waals surface area (Å²) in [4.78, 5) is 0. The maximum Gasteiger partial charge on any atom is 0.152 e. The van der Waals surface area contributed by atoms with Crippen molar-refractivity contribution in [1.29, 1.82) is 0 Å². The van der Waals surface area contributed by atoms with Crippen LogP contribution in [0, 0.1) is 0 Å². The van der Waals surface area contributed by atoms with E-state index in [1.165, 1.54) is 38.5 Å². The summed E-state index contributed by atoms with van der Waals surface area (Å²) < 4.78 is 0. The molecule has 0 aliphatic heterocycles. The van der Waals surface area contributed by atoms with E-state index in [1.54, 1.807) is 0 Å². The molecule has 0 bridgehead atoms. The molecule has 0 rings (SSSR count). The van der Waals surface area contributed by atoms with Crippen molar-refractivity contribution in [1.82, 2.24) is 5.32 Å². The van der Waals surface area contributed by atoms with Crippen LogP contribution < -0.4 is 5.32 Å². The molecule has 4 heteroatoms. The van der Waals surface area contributed by atoms with Crippen LogP contribution in [0.1, 0.15) is 51.9 Å². The molecule has 0 aromatic rings. The van der Waals surface area contributed by atoms with Crippen LogP contribution >= 0.6 is 12.4 Å². The number of halogens is 1. The Morgan fingerprint density at radius 2 is 1.53 bits per heavy atom. The lowest BCUT2D eigenvalue weighted by Gasteiger charge is -2.05. The molecule has 3 N–H and O–H groups in total. The highest BCUT2D eigenvalue weighted by molar-refractivity contribution is 5.85. The summed E-state index contributed by atoms with van der Waals surface area (Å²) in [5, 5.41) is 20.3. The maximum absolute atomic E-state index is 8.57. The lowest BCUT2D eigenvalue weighted by molar-refractivity contribution is -0.0443. The van der Waals surface area contributed by atoms with Crippen molar-refractivity contribution in [3.05, 3.63) is 0 Å². The van der Waals surface area contributed by atoms with Gasteiger partial charge in [0.05, 0.1) is 0 Å². The molecule has 0 radical (unpaired) electrons. The van der Waals surface area contributed by atoms with Gasteiger partial charge in [0.15, 0.2) is 6.29 Å². The maximum atomic E-state index is 8.57. The Labute approximate surface area is 99.7 Å². The number of rotatable bonds is 10. The van der Waals surface area contributed by atoms with Gasteiger partial charge >= 0.3 is 0 Å². The SMILES string of the molecule is CCCCCCCCNCCC(O)O.Cl. The summed E-state index contributed by atoms with van der Waals surface area (Å²) in [5.41, 5.74) is 0. The monoisotopic (exact) mass is 239 g/mol. The van der Waals surface area contributed by atoms with Crippen LogP contribution in [0.15, 0.2) is 0 Å². The molecule has 0 atom stereocenters. The van der Waals surface area contributed by atoms with E-state index in [9.17, 15) is 0 Å². The van der Waals surface area contributed by atoms with E-state index in [2.05, 4.69) is 12.2 Å². The summed E-state index contributed by atoms with van der Waals surface area (Å²) in [7, 11) is 0. The predicted molar refractivity (Wildman–Crippen MR) is 66.3 cm³/mol. The number of hydrogen-bond acceptors (Lipinski definition) is 3. The van der Waals surface area contributed by atoms with Crippen LogP contribution in [-0.4, -0.2) is 29.6 Å². The fraction of sp³-hybridized carbons (Fsp3) is 1.00. The molecule has 94 valence electrons. The number of nitrogens with one attached hydrogen (secondary N) is 1. The number of aliphatic hydroxyl groups excluding tert-OH is 1. The standard InChI is InChI=1S/C11H25NO2.ClH/c1-2-3-4-5-6-7-9-12-10-8-11(13)14;/h11-14H,2-10H2,1H3;1H. The Kier molecular flexibility index (Phi) is 16.6. The highest BCUT2D eigenvalue weighted by Gasteiger charge is 1.95. The second-order valence-electron chi connectivity index (χ2n) is 3.79. The Morgan fingerprint density at radius 3 is 2.13 bits per heavy atom. The average molecular weight is 240 g/mol. The normalized spacial score (nSPS) is 10.4. The number of unbranched alkanes of at least 4 members (excludes halogenated alkanes) is 5. The van der Waals surface area contributed by atoms with Gasteiger partial charge in [0.1, 0.15) is 0 Å². The smallest absolute Gasteiger partial charge is 0.152 e. The molecule has 0 saturated heterocycles. The van der Waals surface area contributed by atoms with E-state index in [0.29, 0.717) is 13.0 Å². The second-order valence-corrected chi connectivity index (χ2v) is 3.79. The summed E-state index contributed by atoms with van der Waals surface area (Å²) in [5.74, 6) is 0. The fourth-order valence-electron chi connectivity index (χ4n) is 1.39. The largest absolute Gasteiger partial charge is 0.368 e. The zero-order valence-corrected chi connectivity index (χ0v) is 10.6. The third kappa shape index (κ3) is 16.8. The quantitative estimate of drug-likeness (QED) is 0.404. The van der Waals surface area contributed by atoms with Gasteiger partial charge in [-0.15, -0.1) is 12.4 Å². The summed E-state index contributed by atoms with van der Waals surface area (Å²) in [6.07, 6.45) is 7.09. The molecule has 3 nitrogen and oxygen atoms in total. The molecule has 0 heterocycles. The average Bonchev–Trinajstić information content (AvgIpc) is 2.15. The van der Waals surface area contributed by atoms with Crippen LogP contribution in [0.25, 0.3) is 0 Å². The predicted octanol–water partition coefficient (Wildman–Crippen LogP) is 2.06. The fourth-order valence-corrected chi connectivity index (χ4v) is 1.39. The zero-order chi connectivity index (χ0) is 10.6. The minimum Gasteiger partial charge on any atom is -0.368 e. The van der Waals surface area contributed by atoms with E-state index in [-0.39, 0.29) is 12.4 Å². The molecule has 0 spiro atoms. The van der Waals surface area contributed by atoms with Crippen molar-refractivity contribution in [2.45, 2.75) is 58.2 Å². The molecule has 0 aliphatic rings. The van der Waals surface area contributed by atoms with Gasteiger partial charge < -0.3 is 15.5 Å². The van der Waals surface area contributed by atoms with Gasteiger partial charge in [0.25, 0.3) is 0 Å². The minimum atomic E-state index is -1.16. The first kappa shape index (κ1) is 17.6. The minimum absolute atomic E-state index is 0. The van der Waals surface area contributed by atoms with Crippen molar-refractivity contribution in [2.24, 2.45) is 0 Å². The van der Waals surface area contributed by atoms with Crippen LogP contribution in [0.3, 0.4) is 0 Å². The van der Waals surface area contributed by atoms with Crippen molar-refractivity contribution in [2.75, 3.05) is 13.1 Å². The zero-order valence-electron chi connectivity index (χ0n) is 9.74. The van der Waals surface area contributed by atoms with Crippen LogP contribution in [-0.2, 0) is 0 Å². The van der Waals surface area contributed by atoms with Crippen molar-refractivity contribution >= 4 is 12.4 Å². The number of aliphatic hydroxyl groups is 2. The van der Waals surface area contributed by atoms with E-state index >= 15 is 0 Å². The first-order valence-corrected chi connectivity index (χ1v) is 5.84. The van der Waals surface area contributed by atoms with Gasteiger partial charge in [0.2, 0.25) is 0 Å². The Balaban J connectivity index is 0. The molecule has 0 aromatic heterocycles.